The molecule has 0 bridgehead atoms. The van der Waals surface area contributed by atoms with Crippen LogP contribution in [0.5, 0.6) is 5.75 Å². The third-order valence-corrected chi connectivity index (χ3v) is 2.36. The number of benzene rings is 1. The van der Waals surface area contributed by atoms with Crippen LogP contribution >= 0.6 is 0 Å². The first-order valence-corrected chi connectivity index (χ1v) is 5.77. The Hall–Kier alpha value is -1.69. The smallest absolute Gasteiger partial charge is 0.411 e. The molecule has 1 heterocycles. The summed E-state index contributed by atoms with van der Waals surface area (Å²) in [6.07, 6.45) is -4.33. The van der Waals surface area contributed by atoms with Crippen molar-refractivity contribution in [2.24, 2.45) is 0 Å². The van der Waals surface area contributed by atoms with E-state index in [1.165, 1.54) is 0 Å². The van der Waals surface area contributed by atoms with Crippen molar-refractivity contribution < 1.29 is 27.1 Å². The molecule has 0 aliphatic rings. The van der Waals surface area contributed by atoms with Gasteiger partial charge < -0.3 is 13.9 Å². The van der Waals surface area contributed by atoms with E-state index in [-0.39, 0.29) is 6.61 Å². The Balaban J connectivity index is 2.04. The van der Waals surface area contributed by atoms with Crippen molar-refractivity contribution in [3.05, 3.63) is 30.0 Å². The SMILES string of the molecule is CCOc1ccc2oc(COCC(F)(F)F)cc2c1. The van der Waals surface area contributed by atoms with E-state index in [1.807, 2.05) is 6.92 Å². The average molecular weight is 274 g/mol. The van der Waals surface area contributed by atoms with E-state index in [0.29, 0.717) is 23.7 Å². The molecule has 0 aliphatic heterocycles. The highest BCUT2D eigenvalue weighted by Crippen LogP contribution is 2.25. The number of hydrogen-bond acceptors (Lipinski definition) is 3. The molecule has 0 fully saturated rings. The van der Waals surface area contributed by atoms with Crippen LogP contribution in [0.15, 0.2) is 28.7 Å². The summed E-state index contributed by atoms with van der Waals surface area (Å²) >= 11 is 0. The number of ether oxygens (including phenoxy) is 2. The van der Waals surface area contributed by atoms with Crippen LogP contribution in [0.3, 0.4) is 0 Å². The second kappa shape index (κ2) is 5.52. The Labute approximate surface area is 107 Å². The topological polar surface area (TPSA) is 31.6 Å². The summed E-state index contributed by atoms with van der Waals surface area (Å²) in [6.45, 7) is 0.924. The summed E-state index contributed by atoms with van der Waals surface area (Å²) in [5.74, 6) is 1.05. The van der Waals surface area contributed by atoms with Crippen LogP contribution in [0.1, 0.15) is 12.7 Å². The highest BCUT2D eigenvalue weighted by atomic mass is 19.4. The van der Waals surface area contributed by atoms with Gasteiger partial charge in [-0.3, -0.25) is 0 Å². The zero-order chi connectivity index (χ0) is 13.9. The van der Waals surface area contributed by atoms with E-state index in [1.54, 1.807) is 24.3 Å². The molecule has 19 heavy (non-hydrogen) atoms. The Kier molecular flexibility index (Phi) is 3.99. The first-order valence-electron chi connectivity index (χ1n) is 5.77. The van der Waals surface area contributed by atoms with Crippen LogP contribution in [0.4, 0.5) is 13.2 Å². The lowest BCUT2D eigenvalue weighted by atomic mass is 10.2. The lowest BCUT2D eigenvalue weighted by molar-refractivity contribution is -0.177. The van der Waals surface area contributed by atoms with E-state index in [9.17, 15) is 13.2 Å². The first-order chi connectivity index (χ1) is 8.98. The molecule has 6 heteroatoms. The first kappa shape index (κ1) is 13.7. The molecule has 0 amide bonds. The van der Waals surface area contributed by atoms with Gasteiger partial charge in [0.05, 0.1) is 6.61 Å². The Bertz CT molecular complexity index is 546. The molecular formula is C13H13F3O3. The predicted octanol–water partition coefficient (Wildman–Crippen LogP) is 3.91. The lowest BCUT2D eigenvalue weighted by Crippen LogP contribution is -2.16. The van der Waals surface area contributed by atoms with E-state index in [4.69, 9.17) is 9.15 Å². The van der Waals surface area contributed by atoms with Crippen LogP contribution in [0, 0.1) is 0 Å². The fourth-order valence-corrected chi connectivity index (χ4v) is 1.67. The van der Waals surface area contributed by atoms with Gasteiger partial charge in [-0.25, -0.2) is 0 Å². The van der Waals surface area contributed by atoms with Gasteiger partial charge in [0, 0.05) is 5.39 Å². The van der Waals surface area contributed by atoms with Gasteiger partial charge in [0.2, 0.25) is 0 Å². The van der Waals surface area contributed by atoms with Gasteiger partial charge in [0.15, 0.2) is 0 Å². The summed E-state index contributed by atoms with van der Waals surface area (Å²) in [5, 5.41) is 0.775. The number of fused-ring (bicyclic) bond motifs is 1. The van der Waals surface area contributed by atoms with E-state index >= 15 is 0 Å². The Morgan fingerprint density at radius 2 is 2.00 bits per heavy atom. The van der Waals surface area contributed by atoms with Crippen molar-refractivity contribution in [2.45, 2.75) is 19.7 Å². The predicted molar refractivity (Wildman–Crippen MR) is 63.1 cm³/mol. The van der Waals surface area contributed by atoms with Gasteiger partial charge >= 0.3 is 6.18 Å². The largest absolute Gasteiger partial charge is 0.494 e. The van der Waals surface area contributed by atoms with Crippen molar-refractivity contribution in [3.63, 3.8) is 0 Å². The molecule has 3 nitrogen and oxygen atoms in total. The fourth-order valence-electron chi connectivity index (χ4n) is 1.67. The summed E-state index contributed by atoms with van der Waals surface area (Å²) in [6, 6.07) is 6.88. The molecule has 0 unspecified atom stereocenters. The number of alkyl halides is 3. The van der Waals surface area contributed by atoms with Crippen molar-refractivity contribution >= 4 is 11.0 Å². The molecule has 0 spiro atoms. The van der Waals surface area contributed by atoms with E-state index in [2.05, 4.69) is 4.74 Å². The van der Waals surface area contributed by atoms with Crippen molar-refractivity contribution in [3.8, 4) is 5.75 Å². The minimum atomic E-state index is -4.33. The van der Waals surface area contributed by atoms with Gasteiger partial charge in [-0.05, 0) is 31.2 Å². The van der Waals surface area contributed by atoms with Gasteiger partial charge in [-0.15, -0.1) is 0 Å². The molecule has 2 aromatic rings. The summed E-state index contributed by atoms with van der Waals surface area (Å²) in [4.78, 5) is 0. The van der Waals surface area contributed by atoms with E-state index in [0.717, 1.165) is 5.39 Å². The standard InChI is InChI=1S/C13H13F3O3/c1-2-18-10-3-4-12-9(5-10)6-11(19-12)7-17-8-13(14,15)16/h3-6H,2,7-8H2,1H3. The maximum atomic E-state index is 11.9. The fraction of sp³-hybridized carbons (Fsp3) is 0.385. The lowest BCUT2D eigenvalue weighted by Gasteiger charge is -2.05. The molecule has 0 N–H and O–H groups in total. The molecule has 0 radical (unpaired) electrons. The van der Waals surface area contributed by atoms with Crippen LogP contribution in [0.25, 0.3) is 11.0 Å². The monoisotopic (exact) mass is 274 g/mol. The maximum Gasteiger partial charge on any atom is 0.411 e. The highest BCUT2D eigenvalue weighted by Gasteiger charge is 2.27. The van der Waals surface area contributed by atoms with Crippen LogP contribution in [0.2, 0.25) is 0 Å². The van der Waals surface area contributed by atoms with Gasteiger partial charge in [-0.1, -0.05) is 0 Å². The molecule has 1 aromatic heterocycles. The van der Waals surface area contributed by atoms with Gasteiger partial charge in [-0.2, -0.15) is 13.2 Å². The molecule has 0 saturated carbocycles. The number of halogens is 3. The van der Waals surface area contributed by atoms with Crippen molar-refractivity contribution in [1.82, 2.24) is 0 Å². The molecule has 0 atom stereocenters. The number of furan rings is 1. The zero-order valence-electron chi connectivity index (χ0n) is 10.3. The maximum absolute atomic E-state index is 11.9. The molecule has 1 aromatic carbocycles. The summed E-state index contributed by atoms with van der Waals surface area (Å²) in [5.41, 5.74) is 0.592. The van der Waals surface area contributed by atoms with Gasteiger partial charge in [0.25, 0.3) is 0 Å². The molecule has 2 rings (SSSR count). The third kappa shape index (κ3) is 3.89. The second-order valence-electron chi connectivity index (χ2n) is 3.95. The summed E-state index contributed by atoms with van der Waals surface area (Å²) < 4.78 is 51.0. The number of hydrogen-bond donors (Lipinski definition) is 0. The molecule has 104 valence electrons. The second-order valence-corrected chi connectivity index (χ2v) is 3.95. The minimum absolute atomic E-state index is 0.210. The normalized spacial score (nSPS) is 12.0. The van der Waals surface area contributed by atoms with Crippen LogP contribution in [-0.2, 0) is 11.3 Å². The van der Waals surface area contributed by atoms with Crippen LogP contribution in [-0.4, -0.2) is 19.4 Å². The Morgan fingerprint density at radius 3 is 2.68 bits per heavy atom. The zero-order valence-corrected chi connectivity index (χ0v) is 10.3. The molecular weight excluding hydrogens is 261 g/mol. The highest BCUT2D eigenvalue weighted by molar-refractivity contribution is 5.79. The quantitative estimate of drug-likeness (QED) is 0.828. The van der Waals surface area contributed by atoms with E-state index < -0.39 is 12.8 Å². The Morgan fingerprint density at radius 1 is 1.21 bits per heavy atom. The van der Waals surface area contributed by atoms with Crippen LogP contribution < -0.4 is 4.74 Å². The molecule has 0 saturated heterocycles. The summed E-state index contributed by atoms with van der Waals surface area (Å²) in [7, 11) is 0. The van der Waals surface area contributed by atoms with Gasteiger partial charge in [0.1, 0.15) is 30.3 Å². The minimum Gasteiger partial charge on any atom is -0.494 e. The third-order valence-electron chi connectivity index (χ3n) is 2.36. The van der Waals surface area contributed by atoms with Crippen molar-refractivity contribution in [2.75, 3.05) is 13.2 Å². The van der Waals surface area contributed by atoms with Crippen molar-refractivity contribution in [1.29, 1.82) is 0 Å². The number of rotatable bonds is 5. The molecule has 0 aliphatic carbocycles. The average Bonchev–Trinajstić information content (AvgIpc) is 2.69.